The monoisotopic (exact) mass is 403 g/mol. The van der Waals surface area contributed by atoms with E-state index in [9.17, 15) is 14.4 Å². The molecule has 0 saturated heterocycles. The normalized spacial score (nSPS) is 16.4. The minimum atomic E-state index is -1.20. The molecule has 0 radical (unpaired) electrons. The summed E-state index contributed by atoms with van der Waals surface area (Å²) in [7, 11) is 0. The number of nitrogens with two attached hydrogens (primary N) is 2. The van der Waals surface area contributed by atoms with Crippen molar-refractivity contribution in [3.63, 3.8) is 0 Å². The molecule has 9 heteroatoms. The maximum absolute atomic E-state index is 12.5. The quantitative estimate of drug-likeness (QED) is 0.258. The Hall–Kier alpha value is -2.94. The van der Waals surface area contributed by atoms with Crippen molar-refractivity contribution < 1.29 is 19.5 Å². The first-order chi connectivity index (χ1) is 13.8. The largest absolute Gasteiger partial charge is 0.481 e. The molecule has 1 aliphatic rings. The third kappa shape index (κ3) is 6.86. The third-order valence-electron chi connectivity index (χ3n) is 5.20. The van der Waals surface area contributed by atoms with E-state index in [0.717, 1.165) is 37.7 Å². The number of amides is 2. The van der Waals surface area contributed by atoms with Crippen molar-refractivity contribution in [2.75, 3.05) is 0 Å². The van der Waals surface area contributed by atoms with Gasteiger partial charge in [-0.1, -0.05) is 43.5 Å². The highest BCUT2D eigenvalue weighted by molar-refractivity contribution is 5.95. The Labute approximate surface area is 169 Å². The highest BCUT2D eigenvalue weighted by Crippen LogP contribution is 2.25. The van der Waals surface area contributed by atoms with Crippen molar-refractivity contribution in [2.24, 2.45) is 17.4 Å². The van der Waals surface area contributed by atoms with Crippen LogP contribution in [0.4, 0.5) is 0 Å². The van der Waals surface area contributed by atoms with Crippen LogP contribution in [0.5, 0.6) is 0 Å². The second-order valence-corrected chi connectivity index (χ2v) is 7.41. The van der Waals surface area contributed by atoms with Crippen molar-refractivity contribution in [2.45, 2.75) is 57.2 Å². The fourth-order valence-corrected chi connectivity index (χ4v) is 3.47. The van der Waals surface area contributed by atoms with Gasteiger partial charge in [-0.25, -0.2) is 0 Å². The van der Waals surface area contributed by atoms with E-state index in [1.807, 2.05) is 0 Å². The highest BCUT2D eigenvalue weighted by atomic mass is 16.4. The van der Waals surface area contributed by atoms with E-state index >= 15 is 0 Å². The number of carboxylic acids is 1. The van der Waals surface area contributed by atoms with Crippen LogP contribution in [-0.2, 0) is 20.9 Å². The molecule has 0 heterocycles. The zero-order valence-electron chi connectivity index (χ0n) is 16.3. The molecular formula is C20H29N5O4. The van der Waals surface area contributed by atoms with Gasteiger partial charge in [0, 0.05) is 12.1 Å². The lowest BCUT2D eigenvalue weighted by Crippen LogP contribution is -2.54. The van der Waals surface area contributed by atoms with Crippen LogP contribution >= 0.6 is 0 Å². The predicted molar refractivity (Wildman–Crippen MR) is 108 cm³/mol. The summed E-state index contributed by atoms with van der Waals surface area (Å²) in [5.74, 6) is -2.28. The Balaban J connectivity index is 1.94. The summed E-state index contributed by atoms with van der Waals surface area (Å²) in [6.45, 7) is 0.150. The molecule has 1 aromatic carbocycles. The summed E-state index contributed by atoms with van der Waals surface area (Å²) in [6.07, 6.45) is 4.36. The highest BCUT2D eigenvalue weighted by Gasteiger charge is 2.30. The van der Waals surface area contributed by atoms with Gasteiger partial charge in [0.2, 0.25) is 11.8 Å². The molecule has 29 heavy (non-hydrogen) atoms. The van der Waals surface area contributed by atoms with Crippen LogP contribution in [0.25, 0.3) is 0 Å². The molecule has 1 fully saturated rings. The Bertz CT molecular complexity index is 744. The summed E-state index contributed by atoms with van der Waals surface area (Å²) in [5, 5.41) is 21.6. The molecule has 158 valence electrons. The summed E-state index contributed by atoms with van der Waals surface area (Å²) in [5.41, 5.74) is 12.8. The maximum Gasteiger partial charge on any atom is 0.305 e. The SMILES string of the molecule is N=C(N)c1ccc(CNC(=O)[C@H](CC(=O)O)NC(=O)[C@H](N)C2CCCCC2)cc1. The van der Waals surface area contributed by atoms with E-state index in [1.54, 1.807) is 24.3 Å². The summed E-state index contributed by atoms with van der Waals surface area (Å²) in [6, 6.07) is 4.78. The zero-order valence-corrected chi connectivity index (χ0v) is 16.3. The molecule has 8 N–H and O–H groups in total. The molecule has 1 aliphatic carbocycles. The third-order valence-corrected chi connectivity index (χ3v) is 5.20. The van der Waals surface area contributed by atoms with E-state index in [2.05, 4.69) is 10.6 Å². The van der Waals surface area contributed by atoms with Crippen LogP contribution in [0, 0.1) is 11.3 Å². The van der Waals surface area contributed by atoms with Crippen LogP contribution in [0.3, 0.4) is 0 Å². The molecule has 0 unspecified atom stereocenters. The topological polar surface area (TPSA) is 171 Å². The number of carbonyl (C=O) groups excluding carboxylic acids is 2. The number of carbonyl (C=O) groups is 3. The molecule has 0 spiro atoms. The van der Waals surface area contributed by atoms with E-state index in [4.69, 9.17) is 22.0 Å². The van der Waals surface area contributed by atoms with Crippen LogP contribution in [0.15, 0.2) is 24.3 Å². The van der Waals surface area contributed by atoms with E-state index in [0.29, 0.717) is 5.56 Å². The van der Waals surface area contributed by atoms with E-state index in [-0.39, 0.29) is 18.3 Å². The number of nitrogens with one attached hydrogen (secondary N) is 3. The molecule has 2 rings (SSSR count). The van der Waals surface area contributed by atoms with Gasteiger partial charge in [-0.15, -0.1) is 0 Å². The molecular weight excluding hydrogens is 374 g/mol. The van der Waals surface area contributed by atoms with Crippen molar-refractivity contribution in [3.8, 4) is 0 Å². The number of amidine groups is 1. The fraction of sp³-hybridized carbons (Fsp3) is 0.500. The average Bonchev–Trinajstić information content (AvgIpc) is 2.71. The molecule has 0 bridgehead atoms. The number of carboxylic acid groups (broad SMARTS) is 1. The lowest BCUT2D eigenvalue weighted by molar-refractivity contribution is -0.140. The van der Waals surface area contributed by atoms with Gasteiger partial charge < -0.3 is 27.2 Å². The van der Waals surface area contributed by atoms with Crippen molar-refractivity contribution in [1.29, 1.82) is 5.41 Å². The van der Waals surface area contributed by atoms with Gasteiger partial charge in [0.25, 0.3) is 0 Å². The Kier molecular flexibility index (Phi) is 8.14. The Morgan fingerprint density at radius 2 is 1.72 bits per heavy atom. The van der Waals surface area contributed by atoms with Gasteiger partial charge in [0.05, 0.1) is 12.5 Å². The fourth-order valence-electron chi connectivity index (χ4n) is 3.47. The van der Waals surface area contributed by atoms with Gasteiger partial charge >= 0.3 is 5.97 Å². The molecule has 0 aromatic heterocycles. The lowest BCUT2D eigenvalue weighted by atomic mass is 9.84. The van der Waals surface area contributed by atoms with Crippen molar-refractivity contribution in [1.82, 2.24) is 10.6 Å². The molecule has 0 aliphatic heterocycles. The summed E-state index contributed by atoms with van der Waals surface area (Å²) in [4.78, 5) is 36.1. The van der Waals surface area contributed by atoms with E-state index < -0.39 is 36.3 Å². The Morgan fingerprint density at radius 1 is 1.10 bits per heavy atom. The van der Waals surface area contributed by atoms with E-state index in [1.165, 1.54) is 0 Å². The molecule has 1 aromatic rings. The first kappa shape index (κ1) is 22.4. The first-order valence-electron chi connectivity index (χ1n) is 9.76. The molecule has 1 saturated carbocycles. The number of benzene rings is 1. The van der Waals surface area contributed by atoms with Gasteiger partial charge in [-0.2, -0.15) is 0 Å². The Morgan fingerprint density at radius 3 is 2.28 bits per heavy atom. The minimum absolute atomic E-state index is 0.0529. The molecule has 9 nitrogen and oxygen atoms in total. The maximum atomic E-state index is 12.5. The molecule has 2 amide bonds. The lowest BCUT2D eigenvalue weighted by Gasteiger charge is -2.28. The van der Waals surface area contributed by atoms with Crippen LogP contribution in [0.1, 0.15) is 49.7 Å². The van der Waals surface area contributed by atoms with Gasteiger partial charge in [-0.05, 0) is 24.3 Å². The van der Waals surface area contributed by atoms with Crippen LogP contribution in [0.2, 0.25) is 0 Å². The average molecular weight is 403 g/mol. The van der Waals surface area contributed by atoms with Crippen molar-refractivity contribution in [3.05, 3.63) is 35.4 Å². The zero-order chi connectivity index (χ0) is 21.4. The van der Waals surface area contributed by atoms with Crippen molar-refractivity contribution >= 4 is 23.6 Å². The second kappa shape index (κ2) is 10.6. The van der Waals surface area contributed by atoms with Gasteiger partial charge in [-0.3, -0.25) is 19.8 Å². The second-order valence-electron chi connectivity index (χ2n) is 7.41. The number of aliphatic carboxylic acids is 1. The smallest absolute Gasteiger partial charge is 0.305 e. The van der Waals surface area contributed by atoms with Gasteiger partial charge in [0.15, 0.2) is 0 Å². The summed E-state index contributed by atoms with van der Waals surface area (Å²) < 4.78 is 0. The predicted octanol–water partition coefficient (Wildman–Crippen LogP) is 0.454. The number of hydrogen-bond acceptors (Lipinski definition) is 5. The minimum Gasteiger partial charge on any atom is -0.481 e. The number of rotatable bonds is 9. The standard InChI is InChI=1S/C20H29N5O4/c21-17(13-4-2-1-3-5-13)20(29)25-15(10-16(26)27)19(28)24-11-12-6-8-14(9-7-12)18(22)23/h6-9,13,15,17H,1-5,10-11,21H2,(H3,22,23)(H,24,28)(H,25,29)(H,26,27)/t15-,17+/m0/s1. The first-order valence-corrected chi connectivity index (χ1v) is 9.76. The molecule has 2 atom stereocenters. The van der Waals surface area contributed by atoms with Gasteiger partial charge in [0.1, 0.15) is 11.9 Å². The number of hydrogen-bond donors (Lipinski definition) is 6. The van der Waals surface area contributed by atoms with Crippen LogP contribution < -0.4 is 22.1 Å². The van der Waals surface area contributed by atoms with Crippen LogP contribution in [-0.4, -0.2) is 40.8 Å². The number of nitrogen functional groups attached to an aromatic ring is 1. The summed E-state index contributed by atoms with van der Waals surface area (Å²) >= 11 is 0.